The largest absolute Gasteiger partial charge is 0.489 e. The summed E-state index contributed by atoms with van der Waals surface area (Å²) < 4.78 is 46.4. The molecule has 0 radical (unpaired) electrons. The number of halogens is 3. The Morgan fingerprint density at radius 1 is 0.935 bits per heavy atom. The second-order valence-electron chi connectivity index (χ2n) is 14.0. The zero-order valence-electron chi connectivity index (χ0n) is 26.5. The highest BCUT2D eigenvalue weighted by Crippen LogP contribution is 2.52. The second kappa shape index (κ2) is 12.8. The predicted octanol–water partition coefficient (Wildman–Crippen LogP) is 8.98. The maximum Gasteiger partial charge on any atom is 0.416 e. The lowest BCUT2D eigenvalue weighted by atomic mass is 9.65. The van der Waals surface area contributed by atoms with Gasteiger partial charge in [0.15, 0.2) is 0 Å². The number of rotatable bonds is 10. The monoisotopic (exact) mass is 647 g/mol. The molecule has 6 rings (SSSR count). The zero-order valence-corrected chi connectivity index (χ0v) is 27.3. The van der Waals surface area contributed by atoms with Crippen molar-refractivity contribution in [1.29, 1.82) is 0 Å². The molecule has 2 unspecified atom stereocenters. The number of carbonyl (C=O) groups excluding carboxylic acids is 1. The lowest BCUT2D eigenvalue weighted by molar-refractivity contribution is -0.137. The smallest absolute Gasteiger partial charge is 0.416 e. The summed E-state index contributed by atoms with van der Waals surface area (Å²) >= 11 is 1.42. The summed E-state index contributed by atoms with van der Waals surface area (Å²) in [7, 11) is 0. The summed E-state index contributed by atoms with van der Waals surface area (Å²) in [6, 6.07) is 23.4. The first-order chi connectivity index (χ1) is 21.8. The topological polar surface area (TPSA) is 45.7 Å². The van der Waals surface area contributed by atoms with Gasteiger partial charge < -0.3 is 9.64 Å². The van der Waals surface area contributed by atoms with Gasteiger partial charge in [-0.15, -0.1) is 11.3 Å². The van der Waals surface area contributed by atoms with E-state index in [2.05, 4.69) is 25.7 Å². The quantitative estimate of drug-likeness (QED) is 0.172. The Bertz CT molecular complexity index is 1650. The molecule has 1 aliphatic carbocycles. The summed E-state index contributed by atoms with van der Waals surface area (Å²) in [5.74, 6) is 0.716. The number of aromatic nitrogens is 1. The van der Waals surface area contributed by atoms with Crippen molar-refractivity contribution in [2.75, 3.05) is 6.54 Å². The Balaban J connectivity index is 1.17. The third kappa shape index (κ3) is 7.81. The van der Waals surface area contributed by atoms with Crippen molar-refractivity contribution < 1.29 is 22.7 Å². The van der Waals surface area contributed by atoms with Gasteiger partial charge >= 0.3 is 6.18 Å². The van der Waals surface area contributed by atoms with Gasteiger partial charge in [0, 0.05) is 31.1 Å². The van der Waals surface area contributed by atoms with Gasteiger partial charge in [0.25, 0.3) is 5.91 Å². The van der Waals surface area contributed by atoms with Crippen molar-refractivity contribution in [1.82, 2.24) is 14.8 Å². The maximum absolute atomic E-state index is 13.7. The first kappa shape index (κ1) is 32.3. The van der Waals surface area contributed by atoms with Gasteiger partial charge in [-0.2, -0.15) is 13.2 Å². The van der Waals surface area contributed by atoms with Gasteiger partial charge in [0.05, 0.1) is 12.1 Å². The van der Waals surface area contributed by atoms with Crippen molar-refractivity contribution in [3.8, 4) is 5.75 Å². The Labute approximate surface area is 273 Å². The highest BCUT2D eigenvalue weighted by Gasteiger charge is 2.51. The molecule has 2 aliphatic rings. The van der Waals surface area contributed by atoms with E-state index in [9.17, 15) is 18.0 Å². The molecule has 1 aliphatic heterocycles. The molecule has 2 atom stereocenters. The number of thiazole rings is 1. The molecule has 1 amide bonds. The molecular formula is C37H40F3N3O2S. The molecule has 242 valence electrons. The van der Waals surface area contributed by atoms with Crippen LogP contribution in [0, 0.1) is 10.8 Å². The molecule has 2 bridgehead atoms. The van der Waals surface area contributed by atoms with E-state index in [1.807, 2.05) is 64.9 Å². The number of carbonyl (C=O) groups is 1. The van der Waals surface area contributed by atoms with Crippen LogP contribution in [0.3, 0.4) is 0 Å². The molecule has 3 aromatic carbocycles. The molecule has 1 aromatic heterocycles. The number of likely N-dealkylation sites (tertiary alicyclic amines) is 1. The highest BCUT2D eigenvalue weighted by atomic mass is 32.1. The van der Waals surface area contributed by atoms with Gasteiger partial charge in [-0.25, -0.2) is 4.98 Å². The van der Waals surface area contributed by atoms with Crippen LogP contribution in [-0.2, 0) is 32.4 Å². The lowest BCUT2D eigenvalue weighted by Gasteiger charge is -2.39. The van der Waals surface area contributed by atoms with Gasteiger partial charge in [0.1, 0.15) is 23.1 Å². The number of ether oxygens (including phenoxy) is 1. The van der Waals surface area contributed by atoms with Gasteiger partial charge in [0.2, 0.25) is 0 Å². The zero-order chi connectivity index (χ0) is 32.5. The van der Waals surface area contributed by atoms with Gasteiger partial charge in [-0.1, -0.05) is 81.4 Å². The summed E-state index contributed by atoms with van der Waals surface area (Å²) in [5.41, 5.74) is 2.75. The van der Waals surface area contributed by atoms with E-state index in [1.54, 1.807) is 6.07 Å². The van der Waals surface area contributed by atoms with Crippen LogP contribution in [0.5, 0.6) is 5.75 Å². The van der Waals surface area contributed by atoms with E-state index >= 15 is 0 Å². The maximum atomic E-state index is 13.7. The normalized spacial score (nSPS) is 20.7. The third-order valence-corrected chi connectivity index (χ3v) is 9.88. The van der Waals surface area contributed by atoms with Crippen molar-refractivity contribution >= 4 is 17.2 Å². The molecule has 1 saturated carbocycles. The van der Waals surface area contributed by atoms with Gasteiger partial charge in [-0.3, -0.25) is 9.69 Å². The average molecular weight is 648 g/mol. The standard InChI is InChI=1S/C37H40F3N3O2S/c1-35(2)17-30-18-36(3,24-35)25-43(30)34(44)32-23-46-33(41-32)21-42(20-28-10-7-11-29(16-28)37(38,39)40)19-26-12-14-31(15-13-26)45-22-27-8-5-4-6-9-27/h4-16,23,30H,17-22,24-25H2,1-3H3. The van der Waals surface area contributed by atoms with E-state index in [0.29, 0.717) is 37.5 Å². The molecule has 0 N–H and O–H groups in total. The number of benzene rings is 3. The number of nitrogens with zero attached hydrogens (tertiary/aromatic N) is 3. The molecule has 9 heteroatoms. The van der Waals surface area contributed by atoms with Crippen LogP contribution in [-0.4, -0.2) is 33.3 Å². The fourth-order valence-electron chi connectivity index (χ4n) is 7.48. The van der Waals surface area contributed by atoms with E-state index in [4.69, 9.17) is 9.72 Å². The summed E-state index contributed by atoms with van der Waals surface area (Å²) in [6.45, 7) is 9.25. The minimum atomic E-state index is -4.42. The molecule has 46 heavy (non-hydrogen) atoms. The molecule has 0 spiro atoms. The van der Waals surface area contributed by atoms with E-state index < -0.39 is 11.7 Å². The van der Waals surface area contributed by atoms with E-state index in [1.165, 1.54) is 23.5 Å². The predicted molar refractivity (Wildman–Crippen MR) is 174 cm³/mol. The Morgan fingerprint density at radius 3 is 2.39 bits per heavy atom. The Kier molecular flexibility index (Phi) is 9.00. The van der Waals surface area contributed by atoms with E-state index in [0.717, 1.165) is 53.8 Å². The number of alkyl halides is 3. The molecule has 5 nitrogen and oxygen atoms in total. The van der Waals surface area contributed by atoms with Crippen LogP contribution in [0.25, 0.3) is 0 Å². The SMILES string of the molecule is CC1(C)CC2CC(C)(CN2C(=O)c2csc(CN(Cc3ccc(OCc4ccccc4)cc3)Cc3cccc(C(F)(F)F)c3)n2)C1. The van der Waals surface area contributed by atoms with Crippen LogP contribution in [0.4, 0.5) is 13.2 Å². The van der Waals surface area contributed by atoms with Crippen LogP contribution >= 0.6 is 11.3 Å². The lowest BCUT2D eigenvalue weighted by Crippen LogP contribution is -2.37. The molecule has 2 heterocycles. The summed E-state index contributed by atoms with van der Waals surface area (Å²) in [5, 5.41) is 2.58. The first-order valence-electron chi connectivity index (χ1n) is 15.7. The van der Waals surface area contributed by atoms with Crippen molar-refractivity contribution in [2.45, 2.75) is 78.5 Å². The van der Waals surface area contributed by atoms with Crippen LogP contribution < -0.4 is 4.74 Å². The Hall–Kier alpha value is -3.69. The molecule has 1 saturated heterocycles. The van der Waals surface area contributed by atoms with Crippen molar-refractivity contribution in [3.05, 3.63) is 117 Å². The number of fused-ring (bicyclic) bond motifs is 2. The Morgan fingerprint density at radius 2 is 1.65 bits per heavy atom. The van der Waals surface area contributed by atoms with Crippen LogP contribution in [0.2, 0.25) is 0 Å². The first-order valence-corrected chi connectivity index (χ1v) is 16.6. The molecule has 4 aromatic rings. The minimum Gasteiger partial charge on any atom is -0.489 e. The van der Waals surface area contributed by atoms with Crippen molar-refractivity contribution in [3.63, 3.8) is 0 Å². The van der Waals surface area contributed by atoms with Gasteiger partial charge in [-0.05, 0) is 65.0 Å². The number of amides is 1. The highest BCUT2D eigenvalue weighted by molar-refractivity contribution is 7.09. The number of hydrogen-bond acceptors (Lipinski definition) is 5. The molecular weight excluding hydrogens is 607 g/mol. The van der Waals surface area contributed by atoms with E-state index in [-0.39, 0.29) is 22.8 Å². The van der Waals surface area contributed by atoms with Crippen LogP contribution in [0.1, 0.15) is 77.8 Å². The summed E-state index contributed by atoms with van der Waals surface area (Å²) in [4.78, 5) is 22.5. The van der Waals surface area contributed by atoms with Crippen LogP contribution in [0.15, 0.2) is 84.2 Å². The van der Waals surface area contributed by atoms with Crippen molar-refractivity contribution in [2.24, 2.45) is 10.8 Å². The minimum absolute atomic E-state index is 0.0237. The average Bonchev–Trinajstić information content (AvgIpc) is 3.57. The number of hydrogen-bond donors (Lipinski definition) is 0. The molecule has 2 fully saturated rings. The third-order valence-electron chi connectivity index (χ3n) is 9.04. The summed E-state index contributed by atoms with van der Waals surface area (Å²) in [6.07, 6.45) is -1.29. The second-order valence-corrected chi connectivity index (χ2v) is 15.0. The fourth-order valence-corrected chi connectivity index (χ4v) is 8.29. The fraction of sp³-hybridized carbons (Fsp3) is 0.405.